The van der Waals surface area contributed by atoms with E-state index in [1.54, 1.807) is 29.3 Å². The zero-order chi connectivity index (χ0) is 14.8. The number of aromatic nitrogens is 4. The SMILES string of the molecule is Cc1cn2c(=O)c(C(=O)OCCn3cccn3)cnc2s1. The maximum absolute atomic E-state index is 12.2. The molecule has 0 N–H and O–H groups in total. The molecule has 0 atom stereocenters. The van der Waals surface area contributed by atoms with Gasteiger partial charge in [-0.2, -0.15) is 5.10 Å². The number of fused-ring (bicyclic) bond motifs is 1. The lowest BCUT2D eigenvalue weighted by atomic mass is 10.3. The standard InChI is InChI=1S/C13H12N4O3S/c1-9-8-17-11(18)10(7-14-13(17)21-9)12(19)20-6-5-16-4-2-3-15-16/h2-4,7-8H,5-6H2,1H3. The monoisotopic (exact) mass is 304 g/mol. The lowest BCUT2D eigenvalue weighted by molar-refractivity contribution is 0.0485. The van der Waals surface area contributed by atoms with E-state index in [1.807, 2.05) is 6.92 Å². The van der Waals surface area contributed by atoms with Crippen molar-refractivity contribution in [1.29, 1.82) is 0 Å². The summed E-state index contributed by atoms with van der Waals surface area (Å²) in [5, 5.41) is 4.00. The van der Waals surface area contributed by atoms with Crippen LogP contribution in [-0.2, 0) is 11.3 Å². The van der Waals surface area contributed by atoms with E-state index >= 15 is 0 Å². The first-order valence-corrected chi connectivity index (χ1v) is 7.09. The van der Waals surface area contributed by atoms with Crippen LogP contribution in [0.1, 0.15) is 15.2 Å². The summed E-state index contributed by atoms with van der Waals surface area (Å²) in [5.41, 5.74) is -0.473. The van der Waals surface area contributed by atoms with Gasteiger partial charge in [-0.25, -0.2) is 9.78 Å². The smallest absolute Gasteiger partial charge is 0.345 e. The lowest BCUT2D eigenvalue weighted by Crippen LogP contribution is -2.24. The van der Waals surface area contributed by atoms with Crippen LogP contribution in [-0.4, -0.2) is 31.7 Å². The number of carbonyl (C=O) groups is 1. The molecule has 0 fully saturated rings. The fourth-order valence-corrected chi connectivity index (χ4v) is 2.66. The van der Waals surface area contributed by atoms with Crippen LogP contribution in [0.2, 0.25) is 0 Å². The van der Waals surface area contributed by atoms with Gasteiger partial charge in [0.25, 0.3) is 5.56 Å². The molecule has 0 radical (unpaired) electrons. The van der Waals surface area contributed by atoms with Crippen molar-refractivity contribution in [3.8, 4) is 0 Å². The van der Waals surface area contributed by atoms with E-state index in [4.69, 9.17) is 4.74 Å². The fraction of sp³-hybridized carbons (Fsp3) is 0.231. The molecule has 3 aromatic heterocycles. The average molecular weight is 304 g/mol. The number of ether oxygens (including phenoxy) is 1. The topological polar surface area (TPSA) is 78.5 Å². The Kier molecular flexibility index (Phi) is 3.53. The molecule has 0 saturated heterocycles. The van der Waals surface area contributed by atoms with Gasteiger partial charge >= 0.3 is 5.97 Å². The normalized spacial score (nSPS) is 10.9. The van der Waals surface area contributed by atoms with Crippen LogP contribution in [0.5, 0.6) is 0 Å². The maximum Gasteiger partial charge on any atom is 0.345 e. The summed E-state index contributed by atoms with van der Waals surface area (Å²) >= 11 is 1.39. The molecule has 0 unspecified atom stereocenters. The highest BCUT2D eigenvalue weighted by molar-refractivity contribution is 7.16. The van der Waals surface area contributed by atoms with Crippen molar-refractivity contribution in [2.24, 2.45) is 0 Å². The van der Waals surface area contributed by atoms with Crippen molar-refractivity contribution >= 4 is 22.3 Å². The van der Waals surface area contributed by atoms with Gasteiger partial charge in [0.2, 0.25) is 0 Å². The molecule has 3 heterocycles. The Morgan fingerprint density at radius 1 is 1.48 bits per heavy atom. The summed E-state index contributed by atoms with van der Waals surface area (Å²) in [6.07, 6.45) is 6.34. The van der Waals surface area contributed by atoms with Crippen molar-refractivity contribution in [3.05, 3.63) is 51.6 Å². The zero-order valence-corrected chi connectivity index (χ0v) is 12.0. The molecule has 0 saturated carbocycles. The Morgan fingerprint density at radius 2 is 2.33 bits per heavy atom. The second-order valence-electron chi connectivity index (χ2n) is 4.38. The van der Waals surface area contributed by atoms with Gasteiger partial charge in [-0.15, -0.1) is 11.3 Å². The Hall–Kier alpha value is -2.48. The van der Waals surface area contributed by atoms with Crippen molar-refractivity contribution in [1.82, 2.24) is 19.2 Å². The van der Waals surface area contributed by atoms with E-state index in [2.05, 4.69) is 10.1 Å². The van der Waals surface area contributed by atoms with E-state index in [-0.39, 0.29) is 12.2 Å². The Morgan fingerprint density at radius 3 is 3.10 bits per heavy atom. The minimum absolute atomic E-state index is 0.0641. The Bertz CT molecular complexity index is 835. The number of rotatable bonds is 4. The first-order valence-electron chi connectivity index (χ1n) is 6.27. The highest BCUT2D eigenvalue weighted by atomic mass is 32.1. The molecule has 0 bridgehead atoms. The van der Waals surface area contributed by atoms with E-state index in [9.17, 15) is 9.59 Å². The third-order valence-electron chi connectivity index (χ3n) is 2.86. The number of aryl methyl sites for hydroxylation is 1. The van der Waals surface area contributed by atoms with Gasteiger partial charge in [0, 0.05) is 23.5 Å². The van der Waals surface area contributed by atoms with Crippen molar-refractivity contribution in [2.75, 3.05) is 6.61 Å². The predicted molar refractivity (Wildman–Crippen MR) is 76.6 cm³/mol. The molecule has 7 nitrogen and oxygen atoms in total. The van der Waals surface area contributed by atoms with Gasteiger partial charge in [-0.3, -0.25) is 13.9 Å². The quantitative estimate of drug-likeness (QED) is 0.675. The number of nitrogens with zero attached hydrogens (tertiary/aromatic N) is 4. The second-order valence-corrected chi connectivity index (χ2v) is 5.59. The molecule has 0 aliphatic rings. The van der Waals surface area contributed by atoms with E-state index < -0.39 is 11.5 Å². The molecule has 0 aliphatic carbocycles. The number of esters is 1. The molecule has 0 aliphatic heterocycles. The van der Waals surface area contributed by atoms with Crippen LogP contribution in [0.3, 0.4) is 0 Å². The molecule has 0 spiro atoms. The summed E-state index contributed by atoms with van der Waals surface area (Å²) in [7, 11) is 0. The maximum atomic E-state index is 12.2. The van der Waals surface area contributed by atoms with Crippen LogP contribution in [0.4, 0.5) is 0 Å². The van der Waals surface area contributed by atoms with Crippen LogP contribution in [0.15, 0.2) is 35.6 Å². The van der Waals surface area contributed by atoms with Gasteiger partial charge in [0.05, 0.1) is 12.7 Å². The van der Waals surface area contributed by atoms with Crippen LogP contribution < -0.4 is 5.56 Å². The van der Waals surface area contributed by atoms with Crippen LogP contribution in [0, 0.1) is 6.92 Å². The zero-order valence-electron chi connectivity index (χ0n) is 11.2. The lowest BCUT2D eigenvalue weighted by Gasteiger charge is -2.04. The van der Waals surface area contributed by atoms with Crippen LogP contribution >= 0.6 is 11.3 Å². The molecule has 0 amide bonds. The Labute approximate surface area is 123 Å². The highest BCUT2D eigenvalue weighted by Gasteiger charge is 2.15. The number of thiazole rings is 1. The number of carbonyl (C=O) groups excluding carboxylic acids is 1. The van der Waals surface area contributed by atoms with E-state index in [1.165, 1.54) is 21.9 Å². The summed E-state index contributed by atoms with van der Waals surface area (Å²) < 4.78 is 8.10. The van der Waals surface area contributed by atoms with Gasteiger partial charge in [-0.1, -0.05) is 0 Å². The van der Waals surface area contributed by atoms with E-state index in [0.717, 1.165) is 4.88 Å². The largest absolute Gasteiger partial charge is 0.460 e. The fourth-order valence-electron chi connectivity index (χ4n) is 1.88. The molecule has 108 valence electrons. The first-order chi connectivity index (χ1) is 10.1. The molecule has 3 rings (SSSR count). The average Bonchev–Trinajstić information content (AvgIpc) is 3.08. The third kappa shape index (κ3) is 2.70. The van der Waals surface area contributed by atoms with Gasteiger partial charge in [0.15, 0.2) is 4.96 Å². The van der Waals surface area contributed by atoms with Gasteiger partial charge < -0.3 is 4.74 Å². The molecule has 3 aromatic rings. The van der Waals surface area contributed by atoms with Gasteiger partial charge in [0.1, 0.15) is 12.2 Å². The van der Waals surface area contributed by atoms with Crippen LogP contribution in [0.25, 0.3) is 4.96 Å². The summed E-state index contributed by atoms with van der Waals surface area (Å²) in [5.74, 6) is -0.669. The minimum atomic E-state index is -0.669. The first kappa shape index (κ1) is 13.5. The molecule has 21 heavy (non-hydrogen) atoms. The second kappa shape index (κ2) is 5.49. The number of hydrogen-bond acceptors (Lipinski definition) is 6. The number of hydrogen-bond donors (Lipinski definition) is 0. The molecule has 8 heteroatoms. The van der Waals surface area contributed by atoms with Crippen molar-refractivity contribution < 1.29 is 9.53 Å². The highest BCUT2D eigenvalue weighted by Crippen LogP contribution is 2.12. The molecular formula is C13H12N4O3S. The van der Waals surface area contributed by atoms with Crippen molar-refractivity contribution in [2.45, 2.75) is 13.5 Å². The molecular weight excluding hydrogens is 292 g/mol. The summed E-state index contributed by atoms with van der Waals surface area (Å²) in [6.45, 7) is 2.46. The van der Waals surface area contributed by atoms with E-state index in [0.29, 0.717) is 11.5 Å². The van der Waals surface area contributed by atoms with Gasteiger partial charge in [-0.05, 0) is 13.0 Å². The van der Waals surface area contributed by atoms with Crippen molar-refractivity contribution in [3.63, 3.8) is 0 Å². The third-order valence-corrected chi connectivity index (χ3v) is 3.77. The molecule has 0 aromatic carbocycles. The Balaban J connectivity index is 1.75. The minimum Gasteiger partial charge on any atom is -0.460 e. The summed E-state index contributed by atoms with van der Waals surface area (Å²) in [4.78, 5) is 29.7. The predicted octanol–water partition coefficient (Wildman–Crippen LogP) is 1.12. The summed E-state index contributed by atoms with van der Waals surface area (Å²) in [6, 6.07) is 1.78.